The Hall–Kier alpha value is 0.240. The molecule has 1 fully saturated rings. The fourth-order valence-electron chi connectivity index (χ4n) is 2.90. The van der Waals surface area contributed by atoms with Crippen molar-refractivity contribution in [2.75, 3.05) is 5.75 Å². The Morgan fingerprint density at radius 3 is 1.80 bits per heavy atom. The standard InChI is InChI=1S/C17H32OS2/c1-3-5-7-9-11-13-17(15-20-16(19)18-17)14-12-10-8-6-4-2/h3-15H2,1-2H3. The molecular formula is C17H32OS2. The molecule has 0 aromatic heterocycles. The van der Waals surface area contributed by atoms with E-state index in [0.29, 0.717) is 0 Å². The van der Waals surface area contributed by atoms with Crippen LogP contribution in [0.3, 0.4) is 0 Å². The van der Waals surface area contributed by atoms with Gasteiger partial charge in [0.05, 0.1) is 0 Å². The normalized spacial score (nSPS) is 17.4. The fraction of sp³-hybridized carbons (Fsp3) is 0.941. The Morgan fingerprint density at radius 2 is 1.40 bits per heavy atom. The van der Waals surface area contributed by atoms with Gasteiger partial charge in [-0.2, -0.15) is 0 Å². The maximum atomic E-state index is 6.06. The van der Waals surface area contributed by atoms with E-state index in [1.165, 1.54) is 77.0 Å². The number of unbranched alkanes of at least 4 members (excludes halogenated alkanes) is 8. The van der Waals surface area contributed by atoms with Gasteiger partial charge >= 0.3 is 0 Å². The quantitative estimate of drug-likeness (QED) is 0.300. The van der Waals surface area contributed by atoms with Crippen molar-refractivity contribution in [3.05, 3.63) is 0 Å². The van der Waals surface area contributed by atoms with Crippen LogP contribution < -0.4 is 0 Å². The smallest absolute Gasteiger partial charge is 0.220 e. The first-order valence-corrected chi connectivity index (χ1v) is 9.97. The molecule has 20 heavy (non-hydrogen) atoms. The third-order valence-corrected chi connectivity index (χ3v) is 5.65. The molecule has 0 N–H and O–H groups in total. The van der Waals surface area contributed by atoms with Gasteiger partial charge in [-0.3, -0.25) is 0 Å². The average Bonchev–Trinajstić information content (AvgIpc) is 2.80. The molecule has 0 atom stereocenters. The summed E-state index contributed by atoms with van der Waals surface area (Å²) in [7, 11) is 0. The first-order chi connectivity index (χ1) is 9.72. The topological polar surface area (TPSA) is 9.23 Å². The molecule has 1 aliphatic heterocycles. The maximum absolute atomic E-state index is 6.06. The molecule has 1 aliphatic rings. The number of rotatable bonds is 12. The first kappa shape index (κ1) is 18.3. The van der Waals surface area contributed by atoms with Crippen LogP contribution in [0.1, 0.15) is 90.9 Å². The highest BCUT2D eigenvalue weighted by molar-refractivity contribution is 8.22. The first-order valence-electron chi connectivity index (χ1n) is 8.58. The number of hydrogen-bond acceptors (Lipinski definition) is 3. The number of ether oxygens (including phenoxy) is 1. The monoisotopic (exact) mass is 316 g/mol. The van der Waals surface area contributed by atoms with Crippen LogP contribution in [-0.4, -0.2) is 15.7 Å². The van der Waals surface area contributed by atoms with Gasteiger partial charge in [0.2, 0.25) is 4.38 Å². The van der Waals surface area contributed by atoms with E-state index in [4.69, 9.17) is 17.0 Å². The van der Waals surface area contributed by atoms with Crippen LogP contribution in [0.5, 0.6) is 0 Å². The molecule has 0 radical (unpaired) electrons. The SMILES string of the molecule is CCCCCCCC1(CCCCCCC)CSC(=S)O1. The van der Waals surface area contributed by atoms with Gasteiger partial charge < -0.3 is 4.74 Å². The van der Waals surface area contributed by atoms with Crippen molar-refractivity contribution in [3.8, 4) is 0 Å². The summed E-state index contributed by atoms with van der Waals surface area (Å²) >= 11 is 7.00. The second-order valence-corrected chi connectivity index (χ2v) is 7.73. The molecule has 0 aromatic carbocycles. The summed E-state index contributed by atoms with van der Waals surface area (Å²) in [6.07, 6.45) is 15.9. The second-order valence-electron chi connectivity index (χ2n) is 6.15. The number of hydrogen-bond donors (Lipinski definition) is 0. The minimum Gasteiger partial charge on any atom is -0.471 e. The van der Waals surface area contributed by atoms with E-state index < -0.39 is 0 Å². The highest BCUT2D eigenvalue weighted by Gasteiger charge is 2.38. The molecule has 0 saturated carbocycles. The Bertz CT molecular complexity index is 252. The number of thioether (sulfide) groups is 1. The Kier molecular flexibility index (Phi) is 9.96. The van der Waals surface area contributed by atoms with E-state index in [9.17, 15) is 0 Å². The summed E-state index contributed by atoms with van der Waals surface area (Å²) in [5, 5.41) is 0. The zero-order valence-corrected chi connectivity index (χ0v) is 15.1. The van der Waals surface area contributed by atoms with Gasteiger partial charge in [-0.15, -0.1) is 0 Å². The van der Waals surface area contributed by atoms with Crippen molar-refractivity contribution in [2.24, 2.45) is 0 Å². The van der Waals surface area contributed by atoms with Gasteiger partial charge in [-0.05, 0) is 37.9 Å². The lowest BCUT2D eigenvalue weighted by Gasteiger charge is -2.27. The molecule has 1 rings (SSSR count). The minimum absolute atomic E-state index is 0.0835. The van der Waals surface area contributed by atoms with Crippen LogP contribution in [0.25, 0.3) is 0 Å². The predicted molar refractivity (Wildman–Crippen MR) is 95.6 cm³/mol. The summed E-state index contributed by atoms with van der Waals surface area (Å²) in [6.45, 7) is 4.54. The molecule has 1 heterocycles. The Labute approximate surface area is 135 Å². The molecule has 0 unspecified atom stereocenters. The lowest BCUT2D eigenvalue weighted by atomic mass is 9.91. The van der Waals surface area contributed by atoms with Gasteiger partial charge in [0.1, 0.15) is 5.60 Å². The fourth-order valence-corrected chi connectivity index (χ4v) is 4.22. The zero-order valence-electron chi connectivity index (χ0n) is 13.4. The Morgan fingerprint density at radius 1 is 0.900 bits per heavy atom. The van der Waals surface area contributed by atoms with Crippen molar-refractivity contribution in [2.45, 2.75) is 96.5 Å². The number of thiocarbonyl (C=S) groups is 1. The Balaban J connectivity index is 2.25. The lowest BCUT2D eigenvalue weighted by Crippen LogP contribution is -2.31. The average molecular weight is 317 g/mol. The van der Waals surface area contributed by atoms with Crippen LogP contribution in [0.15, 0.2) is 0 Å². The summed E-state index contributed by atoms with van der Waals surface area (Å²) in [5.74, 6) is 1.09. The molecule has 0 aromatic rings. The lowest BCUT2D eigenvalue weighted by molar-refractivity contribution is 0.0723. The largest absolute Gasteiger partial charge is 0.471 e. The second kappa shape index (κ2) is 10.9. The van der Waals surface area contributed by atoms with Gasteiger partial charge in [0, 0.05) is 5.75 Å². The summed E-state index contributed by atoms with van der Waals surface area (Å²) in [6, 6.07) is 0. The molecule has 1 nitrogen and oxygen atoms in total. The van der Waals surface area contributed by atoms with E-state index in [1.807, 2.05) is 0 Å². The van der Waals surface area contributed by atoms with Crippen molar-refractivity contribution in [1.82, 2.24) is 0 Å². The van der Waals surface area contributed by atoms with Crippen LogP contribution in [-0.2, 0) is 4.74 Å². The van der Waals surface area contributed by atoms with Crippen LogP contribution in [0.4, 0.5) is 0 Å². The third-order valence-electron chi connectivity index (χ3n) is 4.22. The third kappa shape index (κ3) is 7.31. The van der Waals surface area contributed by atoms with Crippen LogP contribution >= 0.6 is 24.0 Å². The van der Waals surface area contributed by atoms with Gasteiger partial charge in [0.15, 0.2) is 0 Å². The summed E-state index contributed by atoms with van der Waals surface area (Å²) < 4.78 is 6.84. The van der Waals surface area contributed by atoms with E-state index in [2.05, 4.69) is 13.8 Å². The van der Waals surface area contributed by atoms with Crippen LogP contribution in [0, 0.1) is 0 Å². The molecule has 0 aliphatic carbocycles. The van der Waals surface area contributed by atoms with E-state index in [-0.39, 0.29) is 5.60 Å². The van der Waals surface area contributed by atoms with E-state index in [0.717, 1.165) is 10.1 Å². The molecule has 118 valence electrons. The van der Waals surface area contributed by atoms with Crippen molar-refractivity contribution in [3.63, 3.8) is 0 Å². The molecule has 3 heteroatoms. The maximum Gasteiger partial charge on any atom is 0.220 e. The highest BCUT2D eigenvalue weighted by atomic mass is 32.2. The van der Waals surface area contributed by atoms with Crippen molar-refractivity contribution < 1.29 is 4.74 Å². The van der Waals surface area contributed by atoms with E-state index >= 15 is 0 Å². The van der Waals surface area contributed by atoms with Crippen LogP contribution in [0.2, 0.25) is 0 Å². The molecule has 0 spiro atoms. The molecule has 0 bridgehead atoms. The van der Waals surface area contributed by atoms with E-state index in [1.54, 1.807) is 11.8 Å². The highest BCUT2D eigenvalue weighted by Crippen LogP contribution is 2.38. The molecule has 1 saturated heterocycles. The molecule has 0 amide bonds. The van der Waals surface area contributed by atoms with Gasteiger partial charge in [-0.25, -0.2) is 0 Å². The van der Waals surface area contributed by atoms with Gasteiger partial charge in [-0.1, -0.05) is 77.0 Å². The van der Waals surface area contributed by atoms with Crippen molar-refractivity contribution in [1.29, 1.82) is 0 Å². The van der Waals surface area contributed by atoms with Crippen molar-refractivity contribution >= 4 is 28.4 Å². The molecular weight excluding hydrogens is 284 g/mol. The predicted octanol–water partition coefficient (Wildman–Crippen LogP) is 6.49. The zero-order chi connectivity index (χ0) is 14.7. The summed E-state index contributed by atoms with van der Waals surface area (Å²) in [5.41, 5.74) is 0.0835. The minimum atomic E-state index is 0.0835. The van der Waals surface area contributed by atoms with Gasteiger partial charge in [0.25, 0.3) is 0 Å². The summed E-state index contributed by atoms with van der Waals surface area (Å²) in [4.78, 5) is 0.